The first-order valence-electron chi connectivity index (χ1n) is 8.03. The maximum atomic E-state index is 14.7. The summed E-state index contributed by atoms with van der Waals surface area (Å²) in [5.74, 6) is -6.74. The molecule has 28 heavy (non-hydrogen) atoms. The van der Waals surface area contributed by atoms with Crippen LogP contribution in [0.25, 0.3) is 0 Å². The van der Waals surface area contributed by atoms with E-state index in [2.05, 4.69) is 4.72 Å². The van der Waals surface area contributed by atoms with Crippen molar-refractivity contribution in [3.8, 4) is 0 Å². The molecule has 0 radical (unpaired) electrons. The van der Waals surface area contributed by atoms with Crippen molar-refractivity contribution in [2.45, 2.75) is 17.4 Å². The van der Waals surface area contributed by atoms with E-state index in [4.69, 9.17) is 4.74 Å². The Morgan fingerprint density at radius 2 is 1.75 bits per heavy atom. The second kappa shape index (κ2) is 7.86. The predicted molar refractivity (Wildman–Crippen MR) is 90.2 cm³/mol. The lowest BCUT2D eigenvalue weighted by Crippen LogP contribution is -2.35. The Morgan fingerprint density at radius 3 is 2.39 bits per heavy atom. The van der Waals surface area contributed by atoms with Crippen molar-refractivity contribution in [2.75, 3.05) is 18.5 Å². The highest BCUT2D eigenvalue weighted by Gasteiger charge is 2.30. The Morgan fingerprint density at radius 1 is 1.04 bits per heavy atom. The van der Waals surface area contributed by atoms with Gasteiger partial charge in [0.05, 0.1) is 6.61 Å². The highest BCUT2D eigenvalue weighted by Crippen LogP contribution is 2.23. The van der Waals surface area contributed by atoms with Crippen LogP contribution < -0.4 is 10.0 Å². The van der Waals surface area contributed by atoms with Gasteiger partial charge in [-0.15, -0.1) is 0 Å². The van der Waals surface area contributed by atoms with Gasteiger partial charge in [0.15, 0.2) is 17.5 Å². The molecule has 3 rings (SSSR count). The van der Waals surface area contributed by atoms with Gasteiger partial charge in [0.2, 0.25) is 10.0 Å². The Bertz CT molecular complexity index is 1020. The van der Waals surface area contributed by atoms with Gasteiger partial charge in [-0.2, -0.15) is 0 Å². The Hall–Kier alpha value is -2.50. The highest BCUT2D eigenvalue weighted by molar-refractivity contribution is 7.89. The Kier molecular flexibility index (Phi) is 5.68. The average Bonchev–Trinajstić information content (AvgIpc) is 3.10. The molecule has 6 nitrogen and oxygen atoms in total. The highest BCUT2D eigenvalue weighted by atomic mass is 32.2. The van der Waals surface area contributed by atoms with Gasteiger partial charge in [-0.05, 0) is 30.7 Å². The van der Waals surface area contributed by atoms with E-state index in [-0.39, 0.29) is 12.3 Å². The number of hydrogen-bond acceptors (Lipinski definition) is 4. The van der Waals surface area contributed by atoms with E-state index in [9.17, 15) is 30.8 Å². The average molecular weight is 418 g/mol. The monoisotopic (exact) mass is 418 g/mol. The number of amides is 1. The van der Waals surface area contributed by atoms with Crippen LogP contribution in [0.4, 0.5) is 23.2 Å². The summed E-state index contributed by atoms with van der Waals surface area (Å²) in [6.45, 7) is 0.437. The number of sulfonamides is 1. The van der Waals surface area contributed by atoms with Gasteiger partial charge in [0.1, 0.15) is 16.3 Å². The molecule has 0 bridgehead atoms. The Labute approximate surface area is 157 Å². The summed E-state index contributed by atoms with van der Waals surface area (Å²) < 4.78 is 87.0. The first-order valence-corrected chi connectivity index (χ1v) is 9.52. The zero-order valence-electron chi connectivity index (χ0n) is 14.1. The van der Waals surface area contributed by atoms with Gasteiger partial charge in [0, 0.05) is 24.4 Å². The third kappa shape index (κ3) is 4.16. The summed E-state index contributed by atoms with van der Waals surface area (Å²) in [6.07, 6.45) is 0.380. The van der Waals surface area contributed by atoms with Crippen LogP contribution >= 0.6 is 0 Å². The summed E-state index contributed by atoms with van der Waals surface area (Å²) in [4.78, 5) is 11.3. The predicted octanol–water partition coefficient (Wildman–Crippen LogP) is 2.56. The fraction of sp³-hybridized carbons (Fsp3) is 0.235. The van der Waals surface area contributed by atoms with Crippen molar-refractivity contribution in [3.05, 3.63) is 59.2 Å². The fourth-order valence-electron chi connectivity index (χ4n) is 2.63. The number of halogens is 4. The first kappa shape index (κ1) is 20.2. The number of rotatable bonds is 5. The van der Waals surface area contributed by atoms with Crippen LogP contribution in [0.1, 0.15) is 16.8 Å². The molecule has 2 N–H and O–H groups in total. The van der Waals surface area contributed by atoms with Gasteiger partial charge < -0.3 is 10.1 Å². The van der Waals surface area contributed by atoms with E-state index < -0.39 is 55.7 Å². The van der Waals surface area contributed by atoms with E-state index in [0.29, 0.717) is 37.3 Å². The van der Waals surface area contributed by atoms with Crippen LogP contribution in [-0.4, -0.2) is 33.6 Å². The number of nitrogens with one attached hydrogen (secondary N) is 2. The number of ether oxygens (including phenoxy) is 1. The summed E-state index contributed by atoms with van der Waals surface area (Å²) >= 11 is 0. The molecule has 1 amide bonds. The van der Waals surface area contributed by atoms with Crippen molar-refractivity contribution < 1.29 is 35.5 Å². The molecule has 1 fully saturated rings. The third-order valence-electron chi connectivity index (χ3n) is 4.00. The molecule has 1 aliphatic heterocycles. The maximum absolute atomic E-state index is 14.7. The molecule has 1 aliphatic rings. The molecule has 150 valence electrons. The molecule has 0 unspecified atom stereocenters. The second-order valence-electron chi connectivity index (χ2n) is 6.00. The number of hydrogen-bond donors (Lipinski definition) is 2. The molecule has 1 atom stereocenters. The number of anilines is 1. The smallest absolute Gasteiger partial charge is 0.261 e. The SMILES string of the molecule is O=C(Nc1ccc(F)c(F)c1)c1c(F)ccc(S(=O)(=O)N[C@H]2CCOC2)c1F. The van der Waals surface area contributed by atoms with Gasteiger partial charge in [-0.3, -0.25) is 4.79 Å². The van der Waals surface area contributed by atoms with Gasteiger partial charge in [0.25, 0.3) is 5.91 Å². The van der Waals surface area contributed by atoms with E-state index in [1.807, 2.05) is 5.32 Å². The molecule has 0 saturated carbocycles. The molecule has 2 aromatic carbocycles. The van der Waals surface area contributed by atoms with Crippen molar-refractivity contribution in [1.29, 1.82) is 0 Å². The van der Waals surface area contributed by atoms with E-state index in [1.165, 1.54) is 0 Å². The van der Waals surface area contributed by atoms with Gasteiger partial charge in [-0.25, -0.2) is 30.7 Å². The lowest BCUT2D eigenvalue weighted by molar-refractivity contribution is 0.101. The van der Waals surface area contributed by atoms with Crippen LogP contribution in [0.5, 0.6) is 0 Å². The van der Waals surface area contributed by atoms with Crippen LogP contribution in [0.3, 0.4) is 0 Å². The molecule has 0 aliphatic carbocycles. The molecule has 0 spiro atoms. The van der Waals surface area contributed by atoms with Crippen molar-refractivity contribution in [1.82, 2.24) is 4.72 Å². The molecule has 11 heteroatoms. The molecule has 0 aromatic heterocycles. The summed E-state index contributed by atoms with van der Waals surface area (Å²) in [5, 5.41) is 2.00. The quantitative estimate of drug-likeness (QED) is 0.731. The van der Waals surface area contributed by atoms with Crippen LogP contribution in [0.2, 0.25) is 0 Å². The molecule has 1 heterocycles. The van der Waals surface area contributed by atoms with Crippen molar-refractivity contribution in [3.63, 3.8) is 0 Å². The van der Waals surface area contributed by atoms with Gasteiger partial charge in [-0.1, -0.05) is 0 Å². The zero-order valence-corrected chi connectivity index (χ0v) is 15.0. The molecule has 1 saturated heterocycles. The first-order chi connectivity index (χ1) is 13.2. The largest absolute Gasteiger partial charge is 0.380 e. The number of benzene rings is 2. The van der Waals surface area contributed by atoms with Crippen LogP contribution in [0, 0.1) is 23.3 Å². The number of carbonyl (C=O) groups is 1. The van der Waals surface area contributed by atoms with Crippen molar-refractivity contribution in [2.24, 2.45) is 0 Å². The zero-order chi connectivity index (χ0) is 20.5. The van der Waals surface area contributed by atoms with E-state index in [1.54, 1.807) is 0 Å². The lowest BCUT2D eigenvalue weighted by Gasteiger charge is -2.14. The maximum Gasteiger partial charge on any atom is 0.261 e. The van der Waals surface area contributed by atoms with Crippen LogP contribution in [-0.2, 0) is 14.8 Å². The molecular weight excluding hydrogens is 404 g/mol. The Balaban J connectivity index is 1.91. The van der Waals surface area contributed by atoms with E-state index in [0.717, 1.165) is 6.07 Å². The van der Waals surface area contributed by atoms with Crippen LogP contribution in [0.15, 0.2) is 35.2 Å². The lowest BCUT2D eigenvalue weighted by atomic mass is 10.1. The number of carbonyl (C=O) groups excluding carboxylic acids is 1. The normalized spacial score (nSPS) is 16.9. The topological polar surface area (TPSA) is 84.5 Å². The second-order valence-corrected chi connectivity index (χ2v) is 7.68. The van der Waals surface area contributed by atoms with Crippen molar-refractivity contribution >= 4 is 21.6 Å². The minimum atomic E-state index is -4.39. The third-order valence-corrected chi connectivity index (χ3v) is 5.54. The van der Waals surface area contributed by atoms with Gasteiger partial charge >= 0.3 is 0 Å². The molecule has 2 aromatic rings. The van der Waals surface area contributed by atoms with E-state index >= 15 is 0 Å². The summed E-state index contributed by atoms with van der Waals surface area (Å²) in [6, 6.07) is 3.06. The minimum Gasteiger partial charge on any atom is -0.380 e. The molecular formula is C17H14F4N2O4S. The summed E-state index contributed by atoms with van der Waals surface area (Å²) in [5.41, 5.74) is -1.44. The minimum absolute atomic E-state index is 0.103. The standard InChI is InChI=1S/C17H14F4N2O4S/c18-11-2-1-9(7-13(11)20)22-17(24)15-12(19)3-4-14(16(15)21)28(25,26)23-10-5-6-27-8-10/h1-4,7,10,23H,5-6,8H2,(H,22,24)/t10-/m0/s1. The summed E-state index contributed by atoms with van der Waals surface area (Å²) in [7, 11) is -4.39. The fourth-order valence-corrected chi connectivity index (χ4v) is 3.96.